The first-order valence-electron chi connectivity index (χ1n) is 6.47. The second kappa shape index (κ2) is 6.87. The molecule has 0 amide bonds. The highest BCUT2D eigenvalue weighted by molar-refractivity contribution is 6.35. The second-order valence-corrected chi connectivity index (χ2v) is 5.59. The molecule has 2 rings (SSSR count). The van der Waals surface area contributed by atoms with E-state index >= 15 is 0 Å². The summed E-state index contributed by atoms with van der Waals surface area (Å²) >= 11 is 12.0. The van der Waals surface area contributed by atoms with Crippen molar-refractivity contribution >= 4 is 28.9 Å². The molecule has 0 fully saturated rings. The molecular formula is C16H17Cl2NO. The molecule has 4 heteroatoms. The molecule has 0 aliphatic carbocycles. The maximum absolute atomic E-state index is 6.10. The molecule has 1 atom stereocenters. The van der Waals surface area contributed by atoms with Crippen LogP contribution in [0.5, 0.6) is 5.75 Å². The molecule has 0 heterocycles. The maximum atomic E-state index is 6.10. The highest BCUT2D eigenvalue weighted by atomic mass is 35.5. The quantitative estimate of drug-likeness (QED) is 0.821. The third-order valence-electron chi connectivity index (χ3n) is 2.84. The molecule has 2 aromatic rings. The van der Waals surface area contributed by atoms with E-state index in [4.69, 9.17) is 27.9 Å². The van der Waals surface area contributed by atoms with Crippen LogP contribution in [0, 0.1) is 6.92 Å². The van der Waals surface area contributed by atoms with Crippen LogP contribution in [-0.4, -0.2) is 12.6 Å². The van der Waals surface area contributed by atoms with E-state index in [1.165, 1.54) is 5.56 Å². The van der Waals surface area contributed by atoms with E-state index in [-0.39, 0.29) is 6.10 Å². The molecule has 0 saturated heterocycles. The van der Waals surface area contributed by atoms with Crippen molar-refractivity contribution < 1.29 is 4.74 Å². The van der Waals surface area contributed by atoms with E-state index in [1.54, 1.807) is 12.1 Å². The second-order valence-electron chi connectivity index (χ2n) is 4.75. The van der Waals surface area contributed by atoms with Crippen molar-refractivity contribution in [3.8, 4) is 5.75 Å². The minimum atomic E-state index is 0.0202. The summed E-state index contributed by atoms with van der Waals surface area (Å²) in [6, 6.07) is 13.3. The molecule has 1 unspecified atom stereocenters. The Morgan fingerprint density at radius 3 is 2.70 bits per heavy atom. The molecule has 106 valence electrons. The Kier molecular flexibility index (Phi) is 5.16. The Bertz CT molecular complexity index is 586. The fourth-order valence-corrected chi connectivity index (χ4v) is 2.21. The standard InChI is InChI=1S/C16H17Cl2NO/c1-11-4-3-5-14(8-11)20-12(2)10-19-16-9-13(17)6-7-15(16)18/h3-9,12,19H,10H2,1-2H3. The topological polar surface area (TPSA) is 21.3 Å². The van der Waals surface area contributed by atoms with Gasteiger partial charge in [0.15, 0.2) is 0 Å². The lowest BCUT2D eigenvalue weighted by atomic mass is 10.2. The number of halogens is 2. The lowest BCUT2D eigenvalue weighted by molar-refractivity contribution is 0.234. The summed E-state index contributed by atoms with van der Waals surface area (Å²) in [7, 11) is 0. The van der Waals surface area contributed by atoms with Gasteiger partial charge in [-0.05, 0) is 49.7 Å². The van der Waals surface area contributed by atoms with Gasteiger partial charge < -0.3 is 10.1 Å². The molecule has 0 aliphatic rings. The Hall–Kier alpha value is -1.38. The van der Waals surface area contributed by atoms with Crippen LogP contribution >= 0.6 is 23.2 Å². The van der Waals surface area contributed by atoms with Gasteiger partial charge >= 0.3 is 0 Å². The molecule has 2 aromatic carbocycles. The van der Waals surface area contributed by atoms with Gasteiger partial charge in [0.2, 0.25) is 0 Å². The van der Waals surface area contributed by atoms with Crippen molar-refractivity contribution in [3.05, 3.63) is 58.1 Å². The molecule has 1 N–H and O–H groups in total. The SMILES string of the molecule is Cc1cccc(OC(C)CNc2cc(Cl)ccc2Cl)c1. The van der Waals surface area contributed by atoms with Crippen LogP contribution in [-0.2, 0) is 0 Å². The first-order chi connectivity index (χ1) is 9.54. The fourth-order valence-electron chi connectivity index (χ4n) is 1.85. The fraction of sp³-hybridized carbons (Fsp3) is 0.250. The van der Waals surface area contributed by atoms with Gasteiger partial charge in [0.05, 0.1) is 17.3 Å². The van der Waals surface area contributed by atoms with Crippen LogP contribution in [0.4, 0.5) is 5.69 Å². The van der Waals surface area contributed by atoms with E-state index in [1.807, 2.05) is 44.2 Å². The number of ether oxygens (including phenoxy) is 1. The first-order valence-corrected chi connectivity index (χ1v) is 7.22. The minimum Gasteiger partial charge on any atom is -0.489 e. The van der Waals surface area contributed by atoms with Gasteiger partial charge in [-0.3, -0.25) is 0 Å². The normalized spacial score (nSPS) is 12.0. The van der Waals surface area contributed by atoms with Crippen LogP contribution in [0.25, 0.3) is 0 Å². The van der Waals surface area contributed by atoms with Crippen molar-refractivity contribution in [1.82, 2.24) is 0 Å². The largest absolute Gasteiger partial charge is 0.489 e. The number of hydrogen-bond donors (Lipinski definition) is 1. The van der Waals surface area contributed by atoms with Gasteiger partial charge in [0.1, 0.15) is 11.9 Å². The number of anilines is 1. The zero-order valence-corrected chi connectivity index (χ0v) is 13.0. The van der Waals surface area contributed by atoms with Gasteiger partial charge in [-0.2, -0.15) is 0 Å². The van der Waals surface area contributed by atoms with Crippen LogP contribution < -0.4 is 10.1 Å². The van der Waals surface area contributed by atoms with E-state index in [2.05, 4.69) is 5.32 Å². The average molecular weight is 310 g/mol. The lowest BCUT2D eigenvalue weighted by Crippen LogP contribution is -2.22. The third-order valence-corrected chi connectivity index (χ3v) is 3.40. The Balaban J connectivity index is 1.92. The third kappa shape index (κ3) is 4.32. The summed E-state index contributed by atoms with van der Waals surface area (Å²) in [4.78, 5) is 0. The van der Waals surface area contributed by atoms with Crippen molar-refractivity contribution in [3.63, 3.8) is 0 Å². The summed E-state index contributed by atoms with van der Waals surface area (Å²) in [5.41, 5.74) is 2.00. The van der Waals surface area contributed by atoms with E-state index in [9.17, 15) is 0 Å². The number of hydrogen-bond acceptors (Lipinski definition) is 2. The summed E-state index contributed by atoms with van der Waals surface area (Å²) in [5.74, 6) is 0.872. The molecule has 0 aromatic heterocycles. The summed E-state index contributed by atoms with van der Waals surface area (Å²) in [6.45, 7) is 4.70. The number of benzene rings is 2. The molecule has 0 saturated carbocycles. The van der Waals surface area contributed by atoms with Crippen molar-refractivity contribution in [2.24, 2.45) is 0 Å². The summed E-state index contributed by atoms with van der Waals surface area (Å²) in [5, 5.41) is 4.55. The summed E-state index contributed by atoms with van der Waals surface area (Å²) < 4.78 is 5.85. The molecule has 0 bridgehead atoms. The van der Waals surface area contributed by atoms with E-state index in [0.29, 0.717) is 16.6 Å². The monoisotopic (exact) mass is 309 g/mol. The van der Waals surface area contributed by atoms with E-state index < -0.39 is 0 Å². The highest BCUT2D eigenvalue weighted by Crippen LogP contribution is 2.25. The van der Waals surface area contributed by atoms with Gasteiger partial charge in [0.25, 0.3) is 0 Å². The highest BCUT2D eigenvalue weighted by Gasteiger charge is 2.06. The van der Waals surface area contributed by atoms with E-state index in [0.717, 1.165) is 11.4 Å². The zero-order chi connectivity index (χ0) is 14.5. The minimum absolute atomic E-state index is 0.0202. The first kappa shape index (κ1) is 15.0. The predicted molar refractivity (Wildman–Crippen MR) is 86.2 cm³/mol. The number of nitrogens with one attached hydrogen (secondary N) is 1. The predicted octanol–water partition coefficient (Wildman–Crippen LogP) is 5.18. The van der Waals surface area contributed by atoms with Crippen molar-refractivity contribution in [2.75, 3.05) is 11.9 Å². The Morgan fingerprint density at radius 2 is 1.95 bits per heavy atom. The molecule has 20 heavy (non-hydrogen) atoms. The summed E-state index contributed by atoms with van der Waals surface area (Å²) in [6.07, 6.45) is 0.0202. The Labute approximate surface area is 129 Å². The molecule has 0 spiro atoms. The Morgan fingerprint density at radius 1 is 1.15 bits per heavy atom. The molecule has 2 nitrogen and oxygen atoms in total. The number of aryl methyl sites for hydroxylation is 1. The maximum Gasteiger partial charge on any atom is 0.120 e. The van der Waals surface area contributed by atoms with Gasteiger partial charge in [-0.25, -0.2) is 0 Å². The smallest absolute Gasteiger partial charge is 0.120 e. The molecule has 0 aliphatic heterocycles. The van der Waals surface area contributed by atoms with Crippen molar-refractivity contribution in [2.45, 2.75) is 20.0 Å². The van der Waals surface area contributed by atoms with Crippen LogP contribution in [0.2, 0.25) is 10.0 Å². The van der Waals surface area contributed by atoms with Gasteiger partial charge in [-0.15, -0.1) is 0 Å². The van der Waals surface area contributed by atoms with Crippen LogP contribution in [0.15, 0.2) is 42.5 Å². The average Bonchev–Trinajstić information content (AvgIpc) is 2.40. The molecular weight excluding hydrogens is 293 g/mol. The van der Waals surface area contributed by atoms with Gasteiger partial charge in [0, 0.05) is 5.02 Å². The lowest BCUT2D eigenvalue weighted by Gasteiger charge is -2.17. The molecule has 0 radical (unpaired) electrons. The van der Waals surface area contributed by atoms with Crippen LogP contribution in [0.1, 0.15) is 12.5 Å². The van der Waals surface area contributed by atoms with Crippen molar-refractivity contribution in [1.29, 1.82) is 0 Å². The van der Waals surface area contributed by atoms with Gasteiger partial charge in [-0.1, -0.05) is 35.3 Å². The zero-order valence-electron chi connectivity index (χ0n) is 11.5. The number of rotatable bonds is 5. The van der Waals surface area contributed by atoms with Crippen LogP contribution in [0.3, 0.4) is 0 Å².